The maximum Gasteiger partial charge on any atom is 0.270 e. The molecule has 0 radical (unpaired) electrons. The molecule has 0 saturated carbocycles. The molecule has 3 aliphatic rings. The first kappa shape index (κ1) is 26.8. The Hall–Kier alpha value is -2.83. The number of fused-ring (bicyclic) bond motifs is 1. The second kappa shape index (κ2) is 12.8. The molecule has 2 saturated heterocycles. The lowest BCUT2D eigenvalue weighted by molar-refractivity contribution is 0.0838. The van der Waals surface area contributed by atoms with Gasteiger partial charge in [-0.3, -0.25) is 14.6 Å². The van der Waals surface area contributed by atoms with Crippen LogP contribution in [0.2, 0.25) is 0 Å². The summed E-state index contributed by atoms with van der Waals surface area (Å²) in [6.45, 7) is 9.13. The van der Waals surface area contributed by atoms with Crippen molar-refractivity contribution in [3.63, 3.8) is 0 Å². The number of aliphatic hydroxyl groups excluding tert-OH is 1. The number of nitrogens with zero attached hydrogens (tertiary/aromatic N) is 5. The number of methoxy groups -OCH3 is 1. The van der Waals surface area contributed by atoms with Crippen molar-refractivity contribution in [3.05, 3.63) is 47.2 Å². The van der Waals surface area contributed by atoms with E-state index in [4.69, 9.17) is 9.72 Å². The number of carbonyl (C=O) groups is 1. The van der Waals surface area contributed by atoms with E-state index >= 15 is 0 Å². The van der Waals surface area contributed by atoms with Crippen LogP contribution in [0.25, 0.3) is 0 Å². The number of carbonyl (C=O) groups excluding carboxylic acids is 1. The summed E-state index contributed by atoms with van der Waals surface area (Å²) in [6, 6.07) is 10.4. The number of anilines is 2. The Bertz CT molecular complexity index is 1070. The number of hydrogen-bond donors (Lipinski definition) is 4. The SMILES string of the molecule is COCCN1CCN(c2nc(NC3CNC3)cc(C(=O)NC[C@H](O)CN3CCc4ccccc4C3)n2)CC1. The fraction of sp³-hybridized carbons (Fsp3) is 0.593. The summed E-state index contributed by atoms with van der Waals surface area (Å²) >= 11 is 0. The Morgan fingerprint density at radius 2 is 1.92 bits per heavy atom. The zero-order chi connectivity index (χ0) is 26.3. The molecule has 1 atom stereocenters. The van der Waals surface area contributed by atoms with E-state index in [9.17, 15) is 9.90 Å². The molecule has 2 fully saturated rings. The van der Waals surface area contributed by atoms with Crippen molar-refractivity contribution < 1.29 is 14.6 Å². The Morgan fingerprint density at radius 1 is 1.13 bits per heavy atom. The molecule has 38 heavy (non-hydrogen) atoms. The molecule has 4 N–H and O–H groups in total. The Labute approximate surface area is 224 Å². The van der Waals surface area contributed by atoms with Gasteiger partial charge in [0, 0.05) is 85.2 Å². The van der Waals surface area contributed by atoms with Gasteiger partial charge in [-0.15, -0.1) is 0 Å². The van der Waals surface area contributed by atoms with Gasteiger partial charge in [0.25, 0.3) is 5.91 Å². The van der Waals surface area contributed by atoms with Crippen LogP contribution in [-0.2, 0) is 17.7 Å². The van der Waals surface area contributed by atoms with Gasteiger partial charge in [-0.25, -0.2) is 4.98 Å². The van der Waals surface area contributed by atoms with E-state index in [0.717, 1.165) is 65.3 Å². The van der Waals surface area contributed by atoms with Gasteiger partial charge in [-0.05, 0) is 17.5 Å². The first-order valence-electron chi connectivity index (χ1n) is 13.7. The minimum absolute atomic E-state index is 0.170. The molecule has 0 aliphatic carbocycles. The minimum atomic E-state index is -0.663. The highest BCUT2D eigenvalue weighted by atomic mass is 16.5. The molecule has 4 heterocycles. The van der Waals surface area contributed by atoms with Crippen LogP contribution >= 0.6 is 0 Å². The molecule has 2 aromatic rings. The number of nitrogens with one attached hydrogen (secondary N) is 3. The average Bonchev–Trinajstić information content (AvgIpc) is 2.92. The molecule has 0 spiro atoms. The summed E-state index contributed by atoms with van der Waals surface area (Å²) < 4.78 is 5.20. The number of rotatable bonds is 11. The van der Waals surface area contributed by atoms with Crippen LogP contribution in [0, 0.1) is 0 Å². The van der Waals surface area contributed by atoms with Gasteiger partial charge in [0.2, 0.25) is 5.95 Å². The highest BCUT2D eigenvalue weighted by Crippen LogP contribution is 2.19. The number of benzene rings is 1. The topological polar surface area (TPSA) is 118 Å². The fourth-order valence-electron chi connectivity index (χ4n) is 5.13. The lowest BCUT2D eigenvalue weighted by atomic mass is 10.00. The molecule has 5 rings (SSSR count). The molecule has 11 nitrogen and oxygen atoms in total. The van der Waals surface area contributed by atoms with Crippen molar-refractivity contribution in [1.29, 1.82) is 0 Å². The highest BCUT2D eigenvalue weighted by molar-refractivity contribution is 5.93. The number of ether oxygens (including phenoxy) is 1. The lowest BCUT2D eigenvalue weighted by Gasteiger charge is -2.35. The van der Waals surface area contributed by atoms with Gasteiger partial charge in [-0.2, -0.15) is 4.98 Å². The van der Waals surface area contributed by atoms with Crippen molar-refractivity contribution >= 4 is 17.7 Å². The predicted molar refractivity (Wildman–Crippen MR) is 147 cm³/mol. The summed E-state index contributed by atoms with van der Waals surface area (Å²) in [4.78, 5) is 29.2. The molecule has 1 aromatic carbocycles. The number of amides is 1. The third kappa shape index (κ3) is 6.97. The van der Waals surface area contributed by atoms with E-state index < -0.39 is 6.10 Å². The van der Waals surface area contributed by atoms with Crippen LogP contribution in [0.1, 0.15) is 21.6 Å². The molecule has 11 heteroatoms. The third-order valence-corrected chi connectivity index (χ3v) is 7.52. The molecule has 0 unspecified atom stereocenters. The van der Waals surface area contributed by atoms with Gasteiger partial charge < -0.3 is 30.7 Å². The van der Waals surface area contributed by atoms with Crippen LogP contribution in [-0.4, -0.2) is 122 Å². The van der Waals surface area contributed by atoms with Crippen LogP contribution in [0.15, 0.2) is 30.3 Å². The molecular formula is C27H40N8O3. The van der Waals surface area contributed by atoms with Crippen molar-refractivity contribution in [2.24, 2.45) is 0 Å². The van der Waals surface area contributed by atoms with E-state index in [1.807, 2.05) is 0 Å². The highest BCUT2D eigenvalue weighted by Gasteiger charge is 2.24. The van der Waals surface area contributed by atoms with Crippen molar-refractivity contribution in [3.8, 4) is 0 Å². The van der Waals surface area contributed by atoms with Crippen LogP contribution in [0.3, 0.4) is 0 Å². The normalized spacial score (nSPS) is 19.5. The largest absolute Gasteiger partial charge is 0.390 e. The first-order valence-corrected chi connectivity index (χ1v) is 13.7. The van der Waals surface area contributed by atoms with E-state index in [2.05, 4.69) is 59.9 Å². The first-order chi connectivity index (χ1) is 18.6. The molecule has 206 valence electrons. The number of hydrogen-bond acceptors (Lipinski definition) is 10. The number of aromatic nitrogens is 2. The summed E-state index contributed by atoms with van der Waals surface area (Å²) in [6.07, 6.45) is 0.315. The van der Waals surface area contributed by atoms with Crippen molar-refractivity contribution in [1.82, 2.24) is 30.4 Å². The van der Waals surface area contributed by atoms with Gasteiger partial charge in [-0.1, -0.05) is 24.3 Å². The number of β-amino-alcohol motifs (C(OH)–C–C–N with tert-alkyl or cyclic N) is 1. The summed E-state index contributed by atoms with van der Waals surface area (Å²) in [5.74, 6) is 0.914. The quantitative estimate of drug-likeness (QED) is 0.314. The fourth-order valence-corrected chi connectivity index (χ4v) is 5.13. The second-order valence-corrected chi connectivity index (χ2v) is 10.4. The van der Waals surface area contributed by atoms with Gasteiger partial charge in [0.1, 0.15) is 11.5 Å². The van der Waals surface area contributed by atoms with Crippen LogP contribution in [0.5, 0.6) is 0 Å². The average molecular weight is 525 g/mol. The maximum atomic E-state index is 13.1. The van der Waals surface area contributed by atoms with Gasteiger partial charge in [0.15, 0.2) is 0 Å². The van der Waals surface area contributed by atoms with Gasteiger partial charge >= 0.3 is 0 Å². The van der Waals surface area contributed by atoms with Crippen molar-refractivity contribution in [2.45, 2.75) is 25.1 Å². The van der Waals surface area contributed by atoms with Crippen molar-refractivity contribution in [2.75, 3.05) is 89.4 Å². The van der Waals surface area contributed by atoms with Gasteiger partial charge in [0.05, 0.1) is 18.8 Å². The Balaban J connectivity index is 1.18. The standard InChI is InChI=1S/C27H40N8O3/c1-38-13-12-33-8-10-35(11-9-33)27-31-24(14-25(32-27)30-22-15-28-16-22)26(37)29-17-23(36)19-34-7-6-20-4-2-3-5-21(20)18-34/h2-5,14,22-23,28,36H,6-13,15-19H2,1H3,(H,29,37)(H,30,31,32)/t23-/m0/s1. The summed E-state index contributed by atoms with van der Waals surface area (Å²) in [7, 11) is 1.72. The molecular weight excluding hydrogens is 484 g/mol. The molecule has 1 aromatic heterocycles. The van der Waals surface area contributed by atoms with Crippen LogP contribution < -0.4 is 20.9 Å². The minimum Gasteiger partial charge on any atom is -0.390 e. The predicted octanol–water partition coefficient (Wildman–Crippen LogP) is -0.222. The number of aliphatic hydroxyl groups is 1. The van der Waals surface area contributed by atoms with E-state index in [1.54, 1.807) is 13.2 Å². The molecule has 1 amide bonds. The van der Waals surface area contributed by atoms with E-state index in [-0.39, 0.29) is 18.5 Å². The number of piperazine rings is 1. The summed E-state index contributed by atoms with van der Waals surface area (Å²) in [5, 5.41) is 20.2. The zero-order valence-corrected chi connectivity index (χ0v) is 22.2. The smallest absolute Gasteiger partial charge is 0.270 e. The summed E-state index contributed by atoms with van der Waals surface area (Å²) in [5.41, 5.74) is 3.00. The van der Waals surface area contributed by atoms with E-state index in [0.29, 0.717) is 30.6 Å². The van der Waals surface area contributed by atoms with E-state index in [1.165, 1.54) is 11.1 Å². The monoisotopic (exact) mass is 524 g/mol. The molecule has 0 bridgehead atoms. The Kier molecular flexibility index (Phi) is 9.02. The zero-order valence-electron chi connectivity index (χ0n) is 22.2. The Morgan fingerprint density at radius 3 is 2.66 bits per heavy atom. The molecule has 3 aliphatic heterocycles. The lowest BCUT2D eigenvalue weighted by Crippen LogP contribution is -2.51. The maximum absolute atomic E-state index is 13.1. The third-order valence-electron chi connectivity index (χ3n) is 7.52. The van der Waals surface area contributed by atoms with Crippen LogP contribution in [0.4, 0.5) is 11.8 Å². The second-order valence-electron chi connectivity index (χ2n) is 10.4.